The largest absolute Gasteiger partial charge is 0.390 e. The lowest BCUT2D eigenvalue weighted by atomic mass is 9.98. The Morgan fingerprint density at radius 3 is 2.48 bits per heavy atom. The summed E-state index contributed by atoms with van der Waals surface area (Å²) in [4.78, 5) is 7.50. The number of aliphatic hydroxyl groups excluding tert-OH is 1. The molecule has 1 aromatic carbocycles. The number of β-amino-alcohol motifs (C(OH)–C–C–N with tert-alkyl or cyclic N) is 1. The number of likely N-dealkylation sites (tertiary alicyclic amines) is 1. The number of aliphatic hydroxyl groups is 1. The summed E-state index contributed by atoms with van der Waals surface area (Å²) in [5.41, 5.74) is 3.99. The lowest BCUT2D eigenvalue weighted by molar-refractivity contribution is -0.0308. The molecule has 2 aliphatic heterocycles. The van der Waals surface area contributed by atoms with Gasteiger partial charge in [-0.1, -0.05) is 37.3 Å². The second-order valence-corrected chi connectivity index (χ2v) is 9.25. The molecule has 1 aromatic heterocycles. The average Bonchev–Trinajstić information content (AvgIpc) is 3.13. The van der Waals surface area contributed by atoms with Crippen LogP contribution in [0.1, 0.15) is 36.6 Å². The van der Waals surface area contributed by atoms with Gasteiger partial charge < -0.3 is 10.0 Å². The molecule has 3 heterocycles. The summed E-state index contributed by atoms with van der Waals surface area (Å²) < 4.78 is 2.11. The highest BCUT2D eigenvalue weighted by atomic mass is 16.3. The van der Waals surface area contributed by atoms with Gasteiger partial charge in [0, 0.05) is 76.2 Å². The molecule has 0 bridgehead atoms. The summed E-state index contributed by atoms with van der Waals surface area (Å²) in [5.74, 6) is 0. The third-order valence-electron chi connectivity index (χ3n) is 7.10. The molecule has 0 aliphatic carbocycles. The van der Waals surface area contributed by atoms with Crippen LogP contribution in [-0.4, -0.2) is 87.5 Å². The average molecular weight is 426 g/mol. The topological polar surface area (TPSA) is 47.8 Å². The first kappa shape index (κ1) is 22.5. The fourth-order valence-corrected chi connectivity index (χ4v) is 5.12. The number of aryl methyl sites for hydroxylation is 1. The van der Waals surface area contributed by atoms with Crippen molar-refractivity contribution in [2.45, 2.75) is 58.3 Å². The summed E-state index contributed by atoms with van der Waals surface area (Å²) in [5, 5.41) is 15.5. The molecule has 2 atom stereocenters. The molecule has 1 N–H and O–H groups in total. The van der Waals surface area contributed by atoms with E-state index in [9.17, 15) is 5.11 Å². The van der Waals surface area contributed by atoms with Crippen LogP contribution >= 0.6 is 0 Å². The molecule has 0 amide bonds. The Labute approximate surface area is 187 Å². The molecule has 2 saturated heterocycles. The van der Waals surface area contributed by atoms with Crippen LogP contribution in [0.15, 0.2) is 36.5 Å². The maximum Gasteiger partial charge on any atom is 0.0822 e. The highest BCUT2D eigenvalue weighted by Gasteiger charge is 2.33. The summed E-state index contributed by atoms with van der Waals surface area (Å²) in [6.07, 6.45) is 5.02. The third kappa shape index (κ3) is 5.75. The second kappa shape index (κ2) is 10.7. The molecule has 170 valence electrons. The molecule has 0 saturated carbocycles. The van der Waals surface area contributed by atoms with E-state index in [1.54, 1.807) is 0 Å². The van der Waals surface area contributed by atoms with Crippen molar-refractivity contribution in [1.29, 1.82) is 0 Å². The molecule has 2 aliphatic rings. The molecular weight excluding hydrogens is 386 g/mol. The van der Waals surface area contributed by atoms with Crippen molar-refractivity contribution in [2.75, 3.05) is 45.8 Å². The number of aromatic nitrogens is 2. The normalized spacial score (nSPS) is 24.0. The lowest BCUT2D eigenvalue weighted by Gasteiger charge is -2.45. The highest BCUT2D eigenvalue weighted by molar-refractivity contribution is 5.16. The van der Waals surface area contributed by atoms with Gasteiger partial charge in [-0.3, -0.25) is 14.5 Å². The standard InChI is InChI=1S/C25H39N5O/c1-3-11-30-21(2)23(18-26-30)19-28-13-10-24(25(31)20-28)29-16-14-27(15-17-29)12-9-22-7-5-4-6-8-22/h4-8,18,24-25,31H,3,9-17,19-20H2,1-2H3/t24-,25-/m1/s1. The number of hydrogen-bond acceptors (Lipinski definition) is 5. The Morgan fingerprint density at radius 1 is 1.00 bits per heavy atom. The first-order valence-electron chi connectivity index (χ1n) is 12.1. The zero-order chi connectivity index (χ0) is 21.6. The van der Waals surface area contributed by atoms with Gasteiger partial charge in [-0.05, 0) is 31.7 Å². The number of hydrogen-bond donors (Lipinski definition) is 1. The number of rotatable bonds is 8. The predicted octanol–water partition coefficient (Wildman–Crippen LogP) is 2.40. The van der Waals surface area contributed by atoms with E-state index in [-0.39, 0.29) is 6.10 Å². The van der Waals surface area contributed by atoms with Crippen LogP contribution in [0.4, 0.5) is 0 Å². The Balaban J connectivity index is 1.21. The van der Waals surface area contributed by atoms with Crippen LogP contribution in [0.25, 0.3) is 0 Å². The fourth-order valence-electron chi connectivity index (χ4n) is 5.12. The van der Waals surface area contributed by atoms with E-state index < -0.39 is 0 Å². The number of piperazine rings is 1. The van der Waals surface area contributed by atoms with Gasteiger partial charge in [-0.25, -0.2) is 0 Å². The summed E-state index contributed by atoms with van der Waals surface area (Å²) in [6, 6.07) is 11.1. The smallest absolute Gasteiger partial charge is 0.0822 e. The van der Waals surface area contributed by atoms with Crippen molar-refractivity contribution >= 4 is 0 Å². The lowest BCUT2D eigenvalue weighted by Crippen LogP contribution is -2.58. The summed E-state index contributed by atoms with van der Waals surface area (Å²) in [7, 11) is 0. The number of benzene rings is 1. The summed E-state index contributed by atoms with van der Waals surface area (Å²) in [6.45, 7) is 13.5. The van der Waals surface area contributed by atoms with Crippen LogP contribution < -0.4 is 0 Å². The van der Waals surface area contributed by atoms with E-state index in [2.05, 4.69) is 68.7 Å². The zero-order valence-corrected chi connectivity index (χ0v) is 19.3. The molecular formula is C25H39N5O. The minimum atomic E-state index is -0.268. The summed E-state index contributed by atoms with van der Waals surface area (Å²) >= 11 is 0. The van der Waals surface area contributed by atoms with Crippen molar-refractivity contribution < 1.29 is 5.11 Å². The van der Waals surface area contributed by atoms with E-state index in [1.165, 1.54) is 16.8 Å². The van der Waals surface area contributed by atoms with Crippen LogP contribution in [0, 0.1) is 6.92 Å². The minimum absolute atomic E-state index is 0.268. The molecule has 6 heteroatoms. The van der Waals surface area contributed by atoms with Gasteiger partial charge >= 0.3 is 0 Å². The van der Waals surface area contributed by atoms with Crippen LogP contribution in [0.3, 0.4) is 0 Å². The Kier molecular flexibility index (Phi) is 7.77. The molecule has 6 nitrogen and oxygen atoms in total. The van der Waals surface area contributed by atoms with Crippen LogP contribution in [-0.2, 0) is 19.5 Å². The molecule has 0 unspecified atom stereocenters. The monoisotopic (exact) mass is 425 g/mol. The first-order chi connectivity index (χ1) is 15.1. The SMILES string of the molecule is CCCn1ncc(CN2CC[C@@H](N3CCN(CCc4ccccc4)CC3)[C@H](O)C2)c1C. The number of piperidine rings is 1. The van der Waals surface area contributed by atoms with Crippen molar-refractivity contribution in [2.24, 2.45) is 0 Å². The Bertz CT molecular complexity index is 799. The molecule has 0 spiro atoms. The molecule has 4 rings (SSSR count). The fraction of sp³-hybridized carbons (Fsp3) is 0.640. The quantitative estimate of drug-likeness (QED) is 0.704. The van der Waals surface area contributed by atoms with E-state index in [4.69, 9.17) is 0 Å². The zero-order valence-electron chi connectivity index (χ0n) is 19.3. The Hall–Kier alpha value is -1.73. The van der Waals surface area contributed by atoms with Crippen molar-refractivity contribution in [3.63, 3.8) is 0 Å². The second-order valence-electron chi connectivity index (χ2n) is 9.25. The van der Waals surface area contributed by atoms with Gasteiger partial charge in [0.25, 0.3) is 0 Å². The van der Waals surface area contributed by atoms with Gasteiger partial charge in [-0.15, -0.1) is 0 Å². The van der Waals surface area contributed by atoms with E-state index in [0.717, 1.165) is 78.2 Å². The van der Waals surface area contributed by atoms with Gasteiger partial charge in [0.05, 0.1) is 12.3 Å². The molecule has 0 radical (unpaired) electrons. The maximum atomic E-state index is 10.9. The van der Waals surface area contributed by atoms with Gasteiger partial charge in [0.1, 0.15) is 0 Å². The van der Waals surface area contributed by atoms with Crippen LogP contribution in [0.5, 0.6) is 0 Å². The van der Waals surface area contributed by atoms with Crippen molar-refractivity contribution in [1.82, 2.24) is 24.5 Å². The maximum absolute atomic E-state index is 10.9. The molecule has 2 aromatic rings. The third-order valence-corrected chi connectivity index (χ3v) is 7.10. The van der Waals surface area contributed by atoms with Crippen molar-refractivity contribution in [3.8, 4) is 0 Å². The first-order valence-corrected chi connectivity index (χ1v) is 12.1. The van der Waals surface area contributed by atoms with Crippen LogP contribution in [0.2, 0.25) is 0 Å². The predicted molar refractivity (Wildman–Crippen MR) is 125 cm³/mol. The van der Waals surface area contributed by atoms with Gasteiger partial charge in [0.15, 0.2) is 0 Å². The molecule has 2 fully saturated rings. The Morgan fingerprint density at radius 2 is 1.77 bits per heavy atom. The van der Waals surface area contributed by atoms with E-state index in [1.807, 2.05) is 6.20 Å². The molecule has 31 heavy (non-hydrogen) atoms. The van der Waals surface area contributed by atoms with Gasteiger partial charge in [0.2, 0.25) is 0 Å². The van der Waals surface area contributed by atoms with E-state index in [0.29, 0.717) is 6.04 Å². The minimum Gasteiger partial charge on any atom is -0.390 e. The van der Waals surface area contributed by atoms with Gasteiger partial charge in [-0.2, -0.15) is 5.10 Å². The highest BCUT2D eigenvalue weighted by Crippen LogP contribution is 2.21. The van der Waals surface area contributed by atoms with E-state index >= 15 is 0 Å². The number of nitrogens with zero attached hydrogens (tertiary/aromatic N) is 5. The van der Waals surface area contributed by atoms with Crippen molar-refractivity contribution in [3.05, 3.63) is 53.3 Å².